The van der Waals surface area contributed by atoms with E-state index in [1.807, 2.05) is 6.07 Å². The molecule has 0 bridgehead atoms. The van der Waals surface area contributed by atoms with Crippen LogP contribution in [0.2, 0.25) is 10.0 Å². The third-order valence-corrected chi connectivity index (χ3v) is 5.11. The van der Waals surface area contributed by atoms with Gasteiger partial charge >= 0.3 is 0 Å². The van der Waals surface area contributed by atoms with Crippen LogP contribution in [0.4, 0.5) is 5.69 Å². The molecular weight excluding hydrogens is 437 g/mol. The molecule has 0 saturated carbocycles. The van der Waals surface area contributed by atoms with E-state index in [0.29, 0.717) is 32.8 Å². The summed E-state index contributed by atoms with van der Waals surface area (Å²) < 4.78 is 16.4. The number of ether oxygens (including phenoxy) is 3. The van der Waals surface area contributed by atoms with Crippen LogP contribution in [0.3, 0.4) is 0 Å². The van der Waals surface area contributed by atoms with Gasteiger partial charge in [0, 0.05) is 27.4 Å². The highest BCUT2D eigenvalue weighted by Crippen LogP contribution is 2.31. The Balaban J connectivity index is 1.65. The molecule has 31 heavy (non-hydrogen) atoms. The maximum atomic E-state index is 12.2. The zero-order valence-electron chi connectivity index (χ0n) is 17.0. The highest BCUT2D eigenvalue weighted by Gasteiger charge is 2.10. The fourth-order valence-electron chi connectivity index (χ4n) is 2.76. The Kier molecular flexibility index (Phi) is 7.82. The average Bonchev–Trinajstić information content (AvgIpc) is 2.78. The van der Waals surface area contributed by atoms with Crippen LogP contribution < -0.4 is 19.5 Å². The molecule has 3 aromatic carbocycles. The molecule has 0 aromatic heterocycles. The summed E-state index contributed by atoms with van der Waals surface area (Å²) >= 11 is 12.4. The zero-order valence-corrected chi connectivity index (χ0v) is 18.5. The van der Waals surface area contributed by atoms with Gasteiger partial charge < -0.3 is 19.5 Å². The largest absolute Gasteiger partial charge is 0.497 e. The highest BCUT2D eigenvalue weighted by molar-refractivity contribution is 6.35. The van der Waals surface area contributed by atoms with E-state index >= 15 is 0 Å². The Hall–Kier alpha value is -3.15. The van der Waals surface area contributed by atoms with Gasteiger partial charge in [0.25, 0.3) is 0 Å². The van der Waals surface area contributed by atoms with Crippen LogP contribution in [0.5, 0.6) is 17.2 Å². The molecule has 7 heteroatoms. The lowest BCUT2D eigenvalue weighted by molar-refractivity contribution is -0.111. The standard InChI is InChI=1S/C24H21Cl2NO4/c1-29-18-10-8-17(9-11-18)27-24(28)13-7-16-6-12-22(23(14-16)30-2)31-15-19-20(25)4-3-5-21(19)26/h3-14H,15H2,1-2H3,(H,27,28). The lowest BCUT2D eigenvalue weighted by Gasteiger charge is -2.13. The molecule has 0 fully saturated rings. The molecule has 1 amide bonds. The van der Waals surface area contributed by atoms with Crippen molar-refractivity contribution in [1.82, 2.24) is 0 Å². The molecule has 160 valence electrons. The van der Waals surface area contributed by atoms with E-state index < -0.39 is 0 Å². The van der Waals surface area contributed by atoms with E-state index in [9.17, 15) is 4.79 Å². The van der Waals surface area contributed by atoms with Crippen molar-refractivity contribution in [3.63, 3.8) is 0 Å². The predicted molar refractivity (Wildman–Crippen MR) is 124 cm³/mol. The second-order valence-electron chi connectivity index (χ2n) is 6.45. The summed E-state index contributed by atoms with van der Waals surface area (Å²) in [6.45, 7) is 0.203. The smallest absolute Gasteiger partial charge is 0.248 e. The Bertz CT molecular complexity index is 1060. The minimum absolute atomic E-state index is 0.203. The number of halogens is 2. The second kappa shape index (κ2) is 10.8. The molecule has 0 aliphatic heterocycles. The number of rotatable bonds is 8. The fourth-order valence-corrected chi connectivity index (χ4v) is 3.26. The van der Waals surface area contributed by atoms with Gasteiger partial charge in [0.1, 0.15) is 12.4 Å². The monoisotopic (exact) mass is 457 g/mol. The number of amides is 1. The molecule has 1 N–H and O–H groups in total. The second-order valence-corrected chi connectivity index (χ2v) is 7.26. The summed E-state index contributed by atoms with van der Waals surface area (Å²) in [5, 5.41) is 3.86. The third-order valence-electron chi connectivity index (χ3n) is 4.41. The highest BCUT2D eigenvalue weighted by atomic mass is 35.5. The molecule has 0 atom stereocenters. The van der Waals surface area contributed by atoms with Crippen molar-refractivity contribution < 1.29 is 19.0 Å². The maximum absolute atomic E-state index is 12.2. The predicted octanol–water partition coefficient (Wildman–Crippen LogP) is 6.24. The number of nitrogens with one attached hydrogen (secondary N) is 1. The maximum Gasteiger partial charge on any atom is 0.248 e. The van der Waals surface area contributed by atoms with Gasteiger partial charge in [-0.1, -0.05) is 35.3 Å². The first-order valence-electron chi connectivity index (χ1n) is 9.37. The number of carbonyl (C=O) groups is 1. The summed E-state index contributed by atoms with van der Waals surface area (Å²) in [4.78, 5) is 12.2. The number of benzene rings is 3. The number of hydrogen-bond donors (Lipinski definition) is 1. The molecule has 0 saturated heterocycles. The summed E-state index contributed by atoms with van der Waals surface area (Å²) in [6, 6.07) is 17.8. The van der Waals surface area contributed by atoms with Gasteiger partial charge in [-0.2, -0.15) is 0 Å². The number of carbonyl (C=O) groups excluding carboxylic acids is 1. The van der Waals surface area contributed by atoms with Crippen molar-refractivity contribution in [3.8, 4) is 17.2 Å². The zero-order chi connectivity index (χ0) is 22.2. The van der Waals surface area contributed by atoms with Gasteiger partial charge in [0.05, 0.1) is 14.2 Å². The van der Waals surface area contributed by atoms with Crippen molar-refractivity contribution in [2.45, 2.75) is 6.61 Å². The van der Waals surface area contributed by atoms with E-state index in [1.54, 1.807) is 74.9 Å². The Morgan fingerprint density at radius 1 is 0.935 bits per heavy atom. The quantitative estimate of drug-likeness (QED) is 0.406. The normalized spacial score (nSPS) is 10.7. The molecule has 0 radical (unpaired) electrons. The molecule has 0 spiro atoms. The number of anilines is 1. The Labute approximate surface area is 191 Å². The van der Waals surface area contributed by atoms with Crippen LogP contribution in [0.1, 0.15) is 11.1 Å². The average molecular weight is 458 g/mol. The summed E-state index contributed by atoms with van der Waals surface area (Å²) in [6.07, 6.45) is 3.14. The van der Waals surface area contributed by atoms with E-state index in [2.05, 4.69) is 5.32 Å². The first-order chi connectivity index (χ1) is 15.0. The molecule has 0 aliphatic rings. The molecule has 0 heterocycles. The van der Waals surface area contributed by atoms with E-state index in [1.165, 1.54) is 6.08 Å². The van der Waals surface area contributed by atoms with E-state index in [-0.39, 0.29) is 12.5 Å². The molecule has 3 aromatic rings. The lowest BCUT2D eigenvalue weighted by atomic mass is 10.2. The Morgan fingerprint density at radius 3 is 2.29 bits per heavy atom. The van der Waals surface area contributed by atoms with Gasteiger partial charge in [-0.15, -0.1) is 0 Å². The van der Waals surface area contributed by atoms with Crippen LogP contribution in [0.15, 0.2) is 66.7 Å². The van der Waals surface area contributed by atoms with Crippen molar-refractivity contribution in [3.05, 3.63) is 87.9 Å². The van der Waals surface area contributed by atoms with Crippen molar-refractivity contribution >= 4 is 40.9 Å². The molecule has 5 nitrogen and oxygen atoms in total. The van der Waals surface area contributed by atoms with Gasteiger partial charge in [0.2, 0.25) is 5.91 Å². The van der Waals surface area contributed by atoms with Gasteiger partial charge in [-0.3, -0.25) is 4.79 Å². The van der Waals surface area contributed by atoms with Crippen LogP contribution in [-0.2, 0) is 11.4 Å². The summed E-state index contributed by atoms with van der Waals surface area (Å²) in [5.41, 5.74) is 2.16. The van der Waals surface area contributed by atoms with Crippen molar-refractivity contribution in [2.24, 2.45) is 0 Å². The molecule has 3 rings (SSSR count). The molecule has 0 unspecified atom stereocenters. The first-order valence-corrected chi connectivity index (χ1v) is 10.1. The van der Waals surface area contributed by atoms with Crippen LogP contribution in [-0.4, -0.2) is 20.1 Å². The fraction of sp³-hybridized carbons (Fsp3) is 0.125. The summed E-state index contributed by atoms with van der Waals surface area (Å²) in [7, 11) is 3.14. The molecule has 0 aliphatic carbocycles. The van der Waals surface area contributed by atoms with Gasteiger partial charge in [-0.05, 0) is 60.2 Å². The number of methoxy groups -OCH3 is 2. The summed E-state index contributed by atoms with van der Waals surface area (Å²) in [5.74, 6) is 1.54. The number of hydrogen-bond acceptors (Lipinski definition) is 4. The van der Waals surface area contributed by atoms with Crippen molar-refractivity contribution in [2.75, 3.05) is 19.5 Å². The minimum Gasteiger partial charge on any atom is -0.497 e. The van der Waals surface area contributed by atoms with Crippen LogP contribution in [0.25, 0.3) is 6.08 Å². The molecular formula is C24H21Cl2NO4. The van der Waals surface area contributed by atoms with Gasteiger partial charge in [-0.25, -0.2) is 0 Å². The first kappa shape index (κ1) is 22.5. The van der Waals surface area contributed by atoms with Crippen molar-refractivity contribution in [1.29, 1.82) is 0 Å². The minimum atomic E-state index is -0.252. The Morgan fingerprint density at radius 2 is 1.65 bits per heavy atom. The SMILES string of the molecule is COc1ccc(NC(=O)C=Cc2ccc(OCc3c(Cl)cccc3Cl)c(OC)c2)cc1. The van der Waals surface area contributed by atoms with E-state index in [4.69, 9.17) is 37.4 Å². The van der Waals surface area contributed by atoms with Crippen LogP contribution in [0, 0.1) is 0 Å². The lowest BCUT2D eigenvalue weighted by Crippen LogP contribution is -2.07. The topological polar surface area (TPSA) is 56.8 Å². The van der Waals surface area contributed by atoms with Gasteiger partial charge in [0.15, 0.2) is 11.5 Å². The van der Waals surface area contributed by atoms with E-state index in [0.717, 1.165) is 11.3 Å². The van der Waals surface area contributed by atoms with Crippen LogP contribution >= 0.6 is 23.2 Å². The third kappa shape index (κ3) is 6.17.